The van der Waals surface area contributed by atoms with Crippen LogP contribution in [0, 0.1) is 12.7 Å². The Balaban J connectivity index is 1.41. The van der Waals surface area contributed by atoms with Gasteiger partial charge in [-0.05, 0) is 31.2 Å². The predicted molar refractivity (Wildman–Crippen MR) is 127 cm³/mol. The van der Waals surface area contributed by atoms with E-state index in [4.69, 9.17) is 11.6 Å². The molecule has 1 fully saturated rings. The van der Waals surface area contributed by atoms with E-state index in [-0.39, 0.29) is 23.8 Å². The van der Waals surface area contributed by atoms with E-state index in [1.807, 2.05) is 4.90 Å². The highest BCUT2D eigenvalue weighted by Crippen LogP contribution is 2.20. The molecule has 2 aromatic carbocycles. The van der Waals surface area contributed by atoms with Crippen LogP contribution in [0.5, 0.6) is 0 Å². The Hall–Kier alpha value is -3.56. The van der Waals surface area contributed by atoms with Crippen molar-refractivity contribution in [2.75, 3.05) is 38.0 Å². The maximum absolute atomic E-state index is 14.3. The normalized spacial score (nSPS) is 14.1. The van der Waals surface area contributed by atoms with Gasteiger partial charge in [-0.15, -0.1) is 0 Å². The van der Waals surface area contributed by atoms with Gasteiger partial charge in [-0.3, -0.25) is 19.3 Å². The molecule has 1 N–H and O–H groups in total. The summed E-state index contributed by atoms with van der Waals surface area (Å²) in [5.74, 6) is -1.24. The van der Waals surface area contributed by atoms with Crippen molar-refractivity contribution < 1.29 is 14.0 Å². The summed E-state index contributed by atoms with van der Waals surface area (Å²) >= 11 is 6.08. The molecule has 4 rings (SSSR count). The van der Waals surface area contributed by atoms with Crippen molar-refractivity contribution in [1.29, 1.82) is 0 Å². The first-order valence-electron chi connectivity index (χ1n) is 10.8. The predicted octanol–water partition coefficient (Wildman–Crippen LogP) is 2.73. The summed E-state index contributed by atoms with van der Waals surface area (Å²) in [6.45, 7) is 3.33. The van der Waals surface area contributed by atoms with Crippen LogP contribution in [-0.2, 0) is 4.79 Å². The number of para-hydroxylation sites is 2. The van der Waals surface area contributed by atoms with Gasteiger partial charge in [0, 0.05) is 37.9 Å². The first-order valence-corrected chi connectivity index (χ1v) is 11.1. The third-order valence-electron chi connectivity index (χ3n) is 5.57. The van der Waals surface area contributed by atoms with Gasteiger partial charge in [0.15, 0.2) is 5.69 Å². The highest BCUT2D eigenvalue weighted by atomic mass is 35.5. The standard InChI is InChI=1S/C24H23ClFN5O3/c1-16-14-21(32)23(28-31(16)20-9-5-3-7-18(20)26)24(34)30-12-10-29(11-13-30)15-22(33)27-19-8-4-2-6-17(19)25/h2-9,14H,10-13,15H2,1H3,(H,27,33). The van der Waals surface area contributed by atoms with Crippen LogP contribution in [0.3, 0.4) is 0 Å². The largest absolute Gasteiger partial charge is 0.335 e. The average Bonchev–Trinajstić information content (AvgIpc) is 2.81. The second-order valence-electron chi connectivity index (χ2n) is 7.96. The zero-order valence-corrected chi connectivity index (χ0v) is 19.3. The van der Waals surface area contributed by atoms with Crippen LogP contribution in [-0.4, -0.2) is 64.1 Å². The van der Waals surface area contributed by atoms with Crippen molar-refractivity contribution in [3.63, 3.8) is 0 Å². The lowest BCUT2D eigenvalue weighted by atomic mass is 10.2. The molecule has 1 aliphatic heterocycles. The van der Waals surface area contributed by atoms with Crippen LogP contribution < -0.4 is 10.7 Å². The fraction of sp³-hybridized carbons (Fsp3) is 0.250. The molecule has 0 saturated carbocycles. The summed E-state index contributed by atoms with van der Waals surface area (Å²) < 4.78 is 15.5. The van der Waals surface area contributed by atoms with Crippen LogP contribution in [0.2, 0.25) is 5.02 Å². The number of amides is 2. The second-order valence-corrected chi connectivity index (χ2v) is 8.37. The van der Waals surface area contributed by atoms with E-state index in [1.54, 1.807) is 43.3 Å². The van der Waals surface area contributed by atoms with E-state index in [0.29, 0.717) is 42.6 Å². The van der Waals surface area contributed by atoms with E-state index < -0.39 is 17.2 Å². The Kier molecular flexibility index (Phi) is 7.04. The highest BCUT2D eigenvalue weighted by molar-refractivity contribution is 6.33. The zero-order chi connectivity index (χ0) is 24.2. The molecule has 10 heteroatoms. The van der Waals surface area contributed by atoms with Crippen molar-refractivity contribution in [1.82, 2.24) is 19.6 Å². The number of aryl methyl sites for hydroxylation is 1. The van der Waals surface area contributed by atoms with Gasteiger partial charge < -0.3 is 10.2 Å². The third kappa shape index (κ3) is 5.16. The lowest BCUT2D eigenvalue weighted by Gasteiger charge is -2.34. The molecule has 3 aromatic rings. The molecule has 1 saturated heterocycles. The lowest BCUT2D eigenvalue weighted by Crippen LogP contribution is -2.51. The third-order valence-corrected chi connectivity index (χ3v) is 5.89. The van der Waals surface area contributed by atoms with Crippen molar-refractivity contribution in [2.45, 2.75) is 6.92 Å². The quantitative estimate of drug-likeness (QED) is 0.603. The Morgan fingerprint density at radius 3 is 2.44 bits per heavy atom. The monoisotopic (exact) mass is 483 g/mol. The zero-order valence-electron chi connectivity index (χ0n) is 18.5. The summed E-state index contributed by atoms with van der Waals surface area (Å²) in [5.41, 5.74) is 0.333. The summed E-state index contributed by atoms with van der Waals surface area (Å²) in [5, 5.41) is 7.42. The number of nitrogens with one attached hydrogen (secondary N) is 1. The number of anilines is 1. The number of carbonyl (C=O) groups excluding carboxylic acids is 2. The van der Waals surface area contributed by atoms with Crippen LogP contribution in [0.1, 0.15) is 16.2 Å². The Labute approximate surface area is 200 Å². The first-order chi connectivity index (χ1) is 16.3. The Morgan fingerprint density at radius 2 is 1.74 bits per heavy atom. The van der Waals surface area contributed by atoms with Gasteiger partial charge in [-0.25, -0.2) is 9.07 Å². The lowest BCUT2D eigenvalue weighted by molar-refractivity contribution is -0.117. The number of hydrogen-bond acceptors (Lipinski definition) is 5. The number of piperazine rings is 1. The van der Waals surface area contributed by atoms with E-state index in [9.17, 15) is 18.8 Å². The van der Waals surface area contributed by atoms with Gasteiger partial charge in [-0.2, -0.15) is 5.10 Å². The SMILES string of the molecule is Cc1cc(=O)c(C(=O)N2CCN(CC(=O)Nc3ccccc3Cl)CC2)nn1-c1ccccc1F. The number of carbonyl (C=O) groups is 2. The molecule has 1 aliphatic rings. The van der Waals surface area contributed by atoms with Crippen molar-refractivity contribution in [3.8, 4) is 5.69 Å². The summed E-state index contributed by atoms with van der Waals surface area (Å²) in [6.07, 6.45) is 0. The van der Waals surface area contributed by atoms with E-state index in [2.05, 4.69) is 10.4 Å². The van der Waals surface area contributed by atoms with Crippen molar-refractivity contribution >= 4 is 29.1 Å². The number of nitrogens with zero attached hydrogens (tertiary/aromatic N) is 4. The van der Waals surface area contributed by atoms with Crippen molar-refractivity contribution in [3.05, 3.63) is 87.0 Å². The maximum atomic E-state index is 14.3. The summed E-state index contributed by atoms with van der Waals surface area (Å²) in [7, 11) is 0. The molecule has 0 radical (unpaired) electrons. The van der Waals surface area contributed by atoms with Crippen LogP contribution >= 0.6 is 11.6 Å². The molecule has 0 unspecified atom stereocenters. The Morgan fingerprint density at radius 1 is 1.06 bits per heavy atom. The molecular formula is C24H23ClFN5O3. The number of rotatable bonds is 5. The number of halogens is 2. The molecule has 34 heavy (non-hydrogen) atoms. The van der Waals surface area contributed by atoms with Gasteiger partial charge in [0.1, 0.15) is 11.5 Å². The smallest absolute Gasteiger partial charge is 0.278 e. The maximum Gasteiger partial charge on any atom is 0.278 e. The molecule has 8 nitrogen and oxygen atoms in total. The minimum atomic E-state index is -0.518. The molecule has 176 valence electrons. The minimum Gasteiger partial charge on any atom is -0.335 e. The molecule has 0 bridgehead atoms. The van der Waals surface area contributed by atoms with Gasteiger partial charge in [0.2, 0.25) is 11.3 Å². The van der Waals surface area contributed by atoms with Gasteiger partial charge >= 0.3 is 0 Å². The average molecular weight is 484 g/mol. The fourth-order valence-electron chi connectivity index (χ4n) is 3.78. The Bertz CT molecular complexity index is 1290. The second kappa shape index (κ2) is 10.1. The summed E-state index contributed by atoms with van der Waals surface area (Å²) in [4.78, 5) is 41.4. The van der Waals surface area contributed by atoms with E-state index in [1.165, 1.54) is 27.8 Å². The molecule has 1 aromatic heterocycles. The van der Waals surface area contributed by atoms with E-state index >= 15 is 0 Å². The summed E-state index contributed by atoms with van der Waals surface area (Å²) in [6, 6.07) is 14.3. The number of benzene rings is 2. The number of hydrogen-bond donors (Lipinski definition) is 1. The molecule has 2 heterocycles. The van der Waals surface area contributed by atoms with Gasteiger partial charge in [-0.1, -0.05) is 35.9 Å². The highest BCUT2D eigenvalue weighted by Gasteiger charge is 2.26. The topological polar surface area (TPSA) is 87.5 Å². The molecule has 0 atom stereocenters. The van der Waals surface area contributed by atoms with Crippen LogP contribution in [0.4, 0.5) is 10.1 Å². The van der Waals surface area contributed by atoms with Gasteiger partial charge in [0.25, 0.3) is 5.91 Å². The molecular weight excluding hydrogens is 461 g/mol. The van der Waals surface area contributed by atoms with Crippen LogP contribution in [0.15, 0.2) is 59.4 Å². The minimum absolute atomic E-state index is 0.149. The molecule has 2 amide bonds. The van der Waals surface area contributed by atoms with Crippen LogP contribution in [0.25, 0.3) is 5.69 Å². The van der Waals surface area contributed by atoms with E-state index in [0.717, 1.165) is 0 Å². The fourth-order valence-corrected chi connectivity index (χ4v) is 3.96. The van der Waals surface area contributed by atoms with Gasteiger partial charge in [0.05, 0.1) is 17.3 Å². The number of aromatic nitrogens is 2. The molecule has 0 spiro atoms. The first kappa shape index (κ1) is 23.6. The van der Waals surface area contributed by atoms with Crippen molar-refractivity contribution in [2.24, 2.45) is 0 Å². The molecule has 0 aliphatic carbocycles.